The van der Waals surface area contributed by atoms with Gasteiger partial charge in [-0.25, -0.2) is 9.48 Å². The molecule has 0 spiro atoms. The van der Waals surface area contributed by atoms with Crippen LogP contribution in [-0.2, 0) is 4.74 Å². The second kappa shape index (κ2) is 8.65. The lowest BCUT2D eigenvalue weighted by atomic mass is 10.0. The Morgan fingerprint density at radius 2 is 1.69 bits per heavy atom. The summed E-state index contributed by atoms with van der Waals surface area (Å²) in [6, 6.07) is 15.6. The van der Waals surface area contributed by atoms with Crippen molar-refractivity contribution in [2.75, 3.05) is 20.1 Å². The van der Waals surface area contributed by atoms with Gasteiger partial charge in [0.2, 0.25) is 0 Å². The molecule has 32 heavy (non-hydrogen) atoms. The van der Waals surface area contributed by atoms with Crippen LogP contribution < -0.4 is 0 Å². The molecule has 7 heteroatoms. The van der Waals surface area contributed by atoms with Gasteiger partial charge in [0.15, 0.2) is 0 Å². The van der Waals surface area contributed by atoms with Crippen molar-refractivity contribution in [1.82, 2.24) is 19.6 Å². The number of amides is 2. The molecular weight excluding hydrogens is 404 g/mol. The van der Waals surface area contributed by atoms with Gasteiger partial charge < -0.3 is 14.5 Å². The van der Waals surface area contributed by atoms with E-state index in [0.29, 0.717) is 18.7 Å². The van der Waals surface area contributed by atoms with Crippen LogP contribution in [0.25, 0.3) is 16.6 Å². The fourth-order valence-electron chi connectivity index (χ4n) is 3.99. The van der Waals surface area contributed by atoms with Gasteiger partial charge in [0.25, 0.3) is 5.91 Å². The molecule has 0 saturated carbocycles. The first kappa shape index (κ1) is 21.9. The first-order valence-electron chi connectivity index (χ1n) is 11.0. The third kappa shape index (κ3) is 4.77. The van der Waals surface area contributed by atoms with E-state index in [1.54, 1.807) is 9.80 Å². The van der Waals surface area contributed by atoms with Gasteiger partial charge in [-0.2, -0.15) is 5.10 Å². The molecule has 2 amide bonds. The Bertz CT molecular complexity index is 1070. The van der Waals surface area contributed by atoms with Crippen LogP contribution in [0, 0.1) is 0 Å². The van der Waals surface area contributed by atoms with Crippen LogP contribution in [0.2, 0.25) is 0 Å². The Morgan fingerprint density at radius 1 is 1.03 bits per heavy atom. The van der Waals surface area contributed by atoms with E-state index in [1.807, 2.05) is 87.2 Å². The van der Waals surface area contributed by atoms with Gasteiger partial charge in [0.1, 0.15) is 5.60 Å². The summed E-state index contributed by atoms with van der Waals surface area (Å²) in [6.07, 6.45) is 3.17. The third-order valence-electron chi connectivity index (χ3n) is 5.78. The normalized spacial score (nSPS) is 15.1. The van der Waals surface area contributed by atoms with Gasteiger partial charge in [-0.15, -0.1) is 0 Å². The SMILES string of the molecule is CN(C(=O)c1ccc(-n2cc3ccccc3n2)cc1)C1CCN(C(=O)OC(C)(C)C)CC1. The highest BCUT2D eigenvalue weighted by Crippen LogP contribution is 2.21. The van der Waals surface area contributed by atoms with Crippen molar-refractivity contribution in [3.05, 3.63) is 60.3 Å². The van der Waals surface area contributed by atoms with Crippen molar-refractivity contribution in [2.24, 2.45) is 0 Å². The Hall–Kier alpha value is -3.35. The maximum absolute atomic E-state index is 13.0. The standard InChI is InChI=1S/C25H30N4O3/c1-25(2,3)32-24(31)28-15-13-20(14-16-28)27(4)23(30)18-9-11-21(12-10-18)29-17-19-7-5-6-8-22(19)26-29/h5-12,17,20H,13-16H2,1-4H3. The summed E-state index contributed by atoms with van der Waals surface area (Å²) in [4.78, 5) is 28.8. The first-order valence-corrected chi connectivity index (χ1v) is 11.0. The van der Waals surface area contributed by atoms with Gasteiger partial charge in [-0.3, -0.25) is 4.79 Å². The summed E-state index contributed by atoms with van der Waals surface area (Å²) in [5, 5.41) is 5.66. The third-order valence-corrected chi connectivity index (χ3v) is 5.78. The molecule has 1 aromatic heterocycles. The van der Waals surface area contributed by atoms with E-state index in [0.717, 1.165) is 29.4 Å². The minimum atomic E-state index is -0.504. The molecule has 168 valence electrons. The number of piperidine rings is 1. The van der Waals surface area contributed by atoms with Gasteiger partial charge in [-0.1, -0.05) is 18.2 Å². The minimum absolute atomic E-state index is 0.0158. The zero-order chi connectivity index (χ0) is 22.9. The fourth-order valence-corrected chi connectivity index (χ4v) is 3.99. The van der Waals surface area contributed by atoms with Crippen LogP contribution in [0.4, 0.5) is 4.79 Å². The number of likely N-dealkylation sites (tertiary alicyclic amines) is 1. The number of nitrogens with zero attached hydrogens (tertiary/aromatic N) is 4. The van der Waals surface area contributed by atoms with Crippen molar-refractivity contribution in [3.8, 4) is 5.69 Å². The maximum Gasteiger partial charge on any atom is 0.410 e. The zero-order valence-electron chi connectivity index (χ0n) is 19.1. The summed E-state index contributed by atoms with van der Waals surface area (Å²) >= 11 is 0. The van der Waals surface area contributed by atoms with E-state index < -0.39 is 5.60 Å². The topological polar surface area (TPSA) is 67.7 Å². The number of fused-ring (bicyclic) bond motifs is 1. The average molecular weight is 435 g/mol. The van der Waals surface area contributed by atoms with Crippen molar-refractivity contribution in [2.45, 2.75) is 45.3 Å². The van der Waals surface area contributed by atoms with Crippen LogP contribution in [0.5, 0.6) is 0 Å². The number of carbonyl (C=O) groups excluding carboxylic acids is 2. The van der Waals surface area contributed by atoms with Crippen LogP contribution >= 0.6 is 0 Å². The van der Waals surface area contributed by atoms with E-state index in [2.05, 4.69) is 5.10 Å². The van der Waals surface area contributed by atoms with E-state index in [9.17, 15) is 9.59 Å². The molecule has 4 rings (SSSR count). The molecule has 1 fully saturated rings. The second-order valence-corrected chi connectivity index (χ2v) is 9.29. The Labute approximate surface area is 188 Å². The van der Waals surface area contributed by atoms with Gasteiger partial charge >= 0.3 is 6.09 Å². The molecule has 7 nitrogen and oxygen atoms in total. The number of ether oxygens (including phenoxy) is 1. The molecule has 0 bridgehead atoms. The number of hydrogen-bond acceptors (Lipinski definition) is 4. The van der Waals surface area contributed by atoms with Crippen molar-refractivity contribution in [1.29, 1.82) is 0 Å². The number of benzene rings is 2. The molecule has 0 atom stereocenters. The Morgan fingerprint density at radius 3 is 2.31 bits per heavy atom. The van der Waals surface area contributed by atoms with Crippen molar-refractivity contribution < 1.29 is 14.3 Å². The molecule has 0 N–H and O–H groups in total. The quantitative estimate of drug-likeness (QED) is 0.609. The first-order chi connectivity index (χ1) is 15.2. The van der Waals surface area contributed by atoms with Gasteiger partial charge in [-0.05, 0) is 63.9 Å². The lowest BCUT2D eigenvalue weighted by Gasteiger charge is -2.37. The highest BCUT2D eigenvalue weighted by molar-refractivity contribution is 5.94. The zero-order valence-corrected chi connectivity index (χ0v) is 19.1. The largest absolute Gasteiger partial charge is 0.444 e. The summed E-state index contributed by atoms with van der Waals surface area (Å²) < 4.78 is 7.28. The smallest absolute Gasteiger partial charge is 0.410 e. The fraction of sp³-hybridized carbons (Fsp3) is 0.400. The lowest BCUT2D eigenvalue weighted by Crippen LogP contribution is -2.48. The van der Waals surface area contributed by atoms with Crippen LogP contribution in [0.1, 0.15) is 44.0 Å². The van der Waals surface area contributed by atoms with E-state index in [-0.39, 0.29) is 18.0 Å². The monoisotopic (exact) mass is 434 g/mol. The molecular formula is C25H30N4O3. The highest BCUT2D eigenvalue weighted by atomic mass is 16.6. The van der Waals surface area contributed by atoms with E-state index in [1.165, 1.54) is 0 Å². The predicted molar refractivity (Wildman–Crippen MR) is 124 cm³/mol. The highest BCUT2D eigenvalue weighted by Gasteiger charge is 2.30. The molecule has 2 heterocycles. The van der Waals surface area contributed by atoms with Gasteiger partial charge in [0.05, 0.1) is 11.2 Å². The molecule has 2 aromatic carbocycles. The number of hydrogen-bond donors (Lipinski definition) is 0. The summed E-state index contributed by atoms with van der Waals surface area (Å²) in [6.45, 7) is 6.77. The van der Waals surface area contributed by atoms with Crippen LogP contribution in [0.3, 0.4) is 0 Å². The Balaban J connectivity index is 1.37. The molecule has 1 aliphatic rings. The van der Waals surface area contributed by atoms with E-state index in [4.69, 9.17) is 4.74 Å². The Kier molecular flexibility index (Phi) is 5.91. The summed E-state index contributed by atoms with van der Waals surface area (Å²) in [5.41, 5.74) is 1.98. The predicted octanol–water partition coefficient (Wildman–Crippen LogP) is 4.50. The maximum atomic E-state index is 13.0. The lowest BCUT2D eigenvalue weighted by molar-refractivity contribution is 0.0160. The van der Waals surface area contributed by atoms with E-state index >= 15 is 0 Å². The van der Waals surface area contributed by atoms with Crippen molar-refractivity contribution in [3.63, 3.8) is 0 Å². The number of aromatic nitrogens is 2. The average Bonchev–Trinajstić information content (AvgIpc) is 3.21. The molecule has 0 unspecified atom stereocenters. The number of rotatable bonds is 3. The number of carbonyl (C=O) groups is 2. The summed E-state index contributed by atoms with van der Waals surface area (Å²) in [7, 11) is 1.84. The molecule has 0 radical (unpaired) electrons. The van der Waals surface area contributed by atoms with Crippen LogP contribution in [0.15, 0.2) is 54.7 Å². The van der Waals surface area contributed by atoms with Gasteiger partial charge in [0, 0.05) is 43.3 Å². The molecule has 0 aliphatic carbocycles. The van der Waals surface area contributed by atoms with Crippen LogP contribution in [-0.4, -0.2) is 63.4 Å². The molecule has 1 aliphatic heterocycles. The minimum Gasteiger partial charge on any atom is -0.444 e. The molecule has 1 saturated heterocycles. The van der Waals surface area contributed by atoms with Crippen molar-refractivity contribution >= 4 is 22.9 Å². The second-order valence-electron chi connectivity index (χ2n) is 9.29. The summed E-state index contributed by atoms with van der Waals surface area (Å²) in [5.74, 6) is -0.0158. The molecule has 3 aromatic rings.